The Hall–Kier alpha value is -2.82. The van der Waals surface area contributed by atoms with Crippen LogP contribution in [0.15, 0.2) is 59.6 Å². The smallest absolute Gasteiger partial charge is 0.265 e. The second kappa shape index (κ2) is 6.59. The molecule has 3 rings (SSSR count). The number of halogens is 1. The van der Waals surface area contributed by atoms with Crippen LogP contribution in [-0.2, 0) is 10.0 Å². The van der Waals surface area contributed by atoms with Gasteiger partial charge in [-0.1, -0.05) is 35.9 Å². The molecule has 0 saturated carbocycles. The quantitative estimate of drug-likeness (QED) is 0.759. The lowest BCUT2D eigenvalue weighted by Gasteiger charge is -2.10. The Bertz CT molecular complexity index is 1080. The largest absolute Gasteiger partial charge is 0.278 e. The number of sulfonamides is 1. The van der Waals surface area contributed by atoms with E-state index in [1.54, 1.807) is 43.3 Å². The summed E-state index contributed by atoms with van der Waals surface area (Å²) in [4.78, 5) is 0.0140. The minimum atomic E-state index is -3.90. The van der Waals surface area contributed by atoms with E-state index in [4.69, 9.17) is 16.9 Å². The van der Waals surface area contributed by atoms with Gasteiger partial charge in [-0.3, -0.25) is 4.72 Å². The molecule has 0 saturated heterocycles. The molecule has 126 valence electrons. The molecular weight excluding hydrogens is 360 g/mol. The van der Waals surface area contributed by atoms with Crippen LogP contribution >= 0.6 is 11.6 Å². The number of benzene rings is 2. The first-order valence-electron chi connectivity index (χ1n) is 7.25. The van der Waals surface area contributed by atoms with Crippen molar-refractivity contribution in [3.63, 3.8) is 0 Å². The lowest BCUT2D eigenvalue weighted by atomic mass is 10.2. The molecule has 3 aromatic rings. The molecule has 6 nitrogen and oxygen atoms in total. The molecule has 2 aromatic carbocycles. The molecule has 25 heavy (non-hydrogen) atoms. The summed E-state index contributed by atoms with van der Waals surface area (Å²) in [7, 11) is -3.90. The van der Waals surface area contributed by atoms with Gasteiger partial charge in [-0.05, 0) is 31.2 Å². The monoisotopic (exact) mass is 372 g/mol. The Balaban J connectivity index is 2.03. The predicted molar refractivity (Wildman–Crippen MR) is 95.3 cm³/mol. The van der Waals surface area contributed by atoms with Gasteiger partial charge in [0.1, 0.15) is 11.0 Å². The van der Waals surface area contributed by atoms with Gasteiger partial charge >= 0.3 is 0 Å². The first-order valence-corrected chi connectivity index (χ1v) is 9.11. The standard InChI is InChI=1S/C17H13ClN4O2S/c1-12-17(11-20-22(12)16-9-5-3-7-14(16)18)25(23,24)21-15-8-4-2-6-13(15)10-19/h2-9,11,21H,1H3. The zero-order chi connectivity index (χ0) is 18.0. The molecule has 0 amide bonds. The first kappa shape index (κ1) is 17.0. The van der Waals surface area contributed by atoms with Crippen LogP contribution in [-0.4, -0.2) is 18.2 Å². The summed E-state index contributed by atoms with van der Waals surface area (Å²) in [6.07, 6.45) is 1.26. The van der Waals surface area contributed by atoms with E-state index < -0.39 is 10.0 Å². The number of nitriles is 1. The zero-order valence-electron chi connectivity index (χ0n) is 13.1. The maximum absolute atomic E-state index is 12.7. The molecular formula is C17H13ClN4O2S. The summed E-state index contributed by atoms with van der Waals surface area (Å²) in [5.41, 5.74) is 1.45. The van der Waals surface area contributed by atoms with Gasteiger partial charge in [0.25, 0.3) is 10.0 Å². The van der Waals surface area contributed by atoms with Gasteiger partial charge in [-0.15, -0.1) is 0 Å². The normalized spacial score (nSPS) is 11.1. The molecule has 0 unspecified atom stereocenters. The minimum absolute atomic E-state index is 0.0140. The predicted octanol–water partition coefficient (Wildman–Crippen LogP) is 3.51. The second-order valence-corrected chi connectivity index (χ2v) is 7.28. The van der Waals surface area contributed by atoms with E-state index in [-0.39, 0.29) is 16.1 Å². The Morgan fingerprint density at radius 3 is 2.56 bits per heavy atom. The number of hydrogen-bond donors (Lipinski definition) is 1. The van der Waals surface area contributed by atoms with E-state index in [0.717, 1.165) is 0 Å². The lowest BCUT2D eigenvalue weighted by molar-refractivity contribution is 0.600. The highest BCUT2D eigenvalue weighted by Crippen LogP contribution is 2.26. The van der Waals surface area contributed by atoms with Gasteiger partial charge in [0, 0.05) is 0 Å². The fraction of sp³-hybridized carbons (Fsp3) is 0.0588. The molecule has 0 bridgehead atoms. The maximum Gasteiger partial charge on any atom is 0.265 e. The highest BCUT2D eigenvalue weighted by Gasteiger charge is 2.23. The Kier molecular flexibility index (Phi) is 4.49. The third-order valence-corrected chi connectivity index (χ3v) is 5.41. The summed E-state index contributed by atoms with van der Waals surface area (Å²) in [6, 6.07) is 15.4. The molecule has 1 N–H and O–H groups in total. The van der Waals surface area contributed by atoms with Crippen molar-refractivity contribution in [3.05, 3.63) is 71.0 Å². The van der Waals surface area contributed by atoms with E-state index in [2.05, 4.69) is 9.82 Å². The number of para-hydroxylation sites is 2. The first-order chi connectivity index (χ1) is 11.9. The molecule has 0 aliphatic heterocycles. The number of nitrogens with one attached hydrogen (secondary N) is 1. The third kappa shape index (κ3) is 3.22. The molecule has 0 spiro atoms. The fourth-order valence-electron chi connectivity index (χ4n) is 2.39. The lowest BCUT2D eigenvalue weighted by Crippen LogP contribution is -2.15. The van der Waals surface area contributed by atoms with Crippen LogP contribution in [0.5, 0.6) is 0 Å². The van der Waals surface area contributed by atoms with E-state index >= 15 is 0 Å². The Labute approximate surface area is 150 Å². The van der Waals surface area contributed by atoms with Crippen molar-refractivity contribution in [1.29, 1.82) is 5.26 Å². The van der Waals surface area contributed by atoms with E-state index in [1.807, 2.05) is 6.07 Å². The minimum Gasteiger partial charge on any atom is -0.278 e. The fourth-order valence-corrected chi connectivity index (χ4v) is 3.85. The van der Waals surface area contributed by atoms with E-state index in [9.17, 15) is 8.42 Å². The number of rotatable bonds is 4. The van der Waals surface area contributed by atoms with Crippen LogP contribution in [0.2, 0.25) is 5.02 Å². The molecule has 0 atom stereocenters. The van der Waals surface area contributed by atoms with Crippen molar-refractivity contribution in [2.75, 3.05) is 4.72 Å². The van der Waals surface area contributed by atoms with Crippen molar-refractivity contribution in [2.45, 2.75) is 11.8 Å². The Morgan fingerprint density at radius 1 is 1.16 bits per heavy atom. The average molecular weight is 373 g/mol. The van der Waals surface area contributed by atoms with Crippen molar-refractivity contribution in [2.24, 2.45) is 0 Å². The summed E-state index contributed by atoms with van der Waals surface area (Å²) in [5, 5.41) is 13.7. The van der Waals surface area contributed by atoms with Crippen LogP contribution in [0.3, 0.4) is 0 Å². The molecule has 0 aliphatic carbocycles. The van der Waals surface area contributed by atoms with E-state index in [1.165, 1.54) is 23.0 Å². The van der Waals surface area contributed by atoms with Crippen molar-refractivity contribution < 1.29 is 8.42 Å². The van der Waals surface area contributed by atoms with Gasteiger partial charge in [0.15, 0.2) is 0 Å². The highest BCUT2D eigenvalue weighted by molar-refractivity contribution is 7.92. The average Bonchev–Trinajstić information content (AvgIpc) is 2.98. The summed E-state index contributed by atoms with van der Waals surface area (Å²) in [5.74, 6) is 0. The summed E-state index contributed by atoms with van der Waals surface area (Å²) < 4.78 is 29.3. The van der Waals surface area contributed by atoms with Crippen LogP contribution in [0, 0.1) is 18.3 Å². The van der Waals surface area contributed by atoms with Crippen LogP contribution in [0.4, 0.5) is 5.69 Å². The second-order valence-electron chi connectivity index (χ2n) is 5.22. The van der Waals surface area contributed by atoms with Crippen molar-refractivity contribution in [3.8, 4) is 11.8 Å². The van der Waals surface area contributed by atoms with E-state index in [0.29, 0.717) is 16.4 Å². The van der Waals surface area contributed by atoms with Gasteiger partial charge < -0.3 is 0 Å². The van der Waals surface area contributed by atoms with Gasteiger partial charge in [-0.2, -0.15) is 10.4 Å². The maximum atomic E-state index is 12.7. The number of aromatic nitrogens is 2. The zero-order valence-corrected chi connectivity index (χ0v) is 14.7. The number of anilines is 1. The summed E-state index contributed by atoms with van der Waals surface area (Å²) >= 11 is 6.16. The molecule has 1 aromatic heterocycles. The number of hydrogen-bond acceptors (Lipinski definition) is 4. The molecule has 0 aliphatic rings. The van der Waals surface area contributed by atoms with Crippen LogP contribution in [0.1, 0.15) is 11.3 Å². The van der Waals surface area contributed by atoms with Crippen molar-refractivity contribution >= 4 is 27.3 Å². The van der Waals surface area contributed by atoms with Gasteiger partial charge in [0.05, 0.1) is 33.9 Å². The Morgan fingerprint density at radius 2 is 1.84 bits per heavy atom. The van der Waals surface area contributed by atoms with Gasteiger partial charge in [-0.25, -0.2) is 13.1 Å². The SMILES string of the molecule is Cc1c(S(=O)(=O)Nc2ccccc2C#N)cnn1-c1ccccc1Cl. The third-order valence-electron chi connectivity index (χ3n) is 3.63. The summed E-state index contributed by atoms with van der Waals surface area (Å²) in [6.45, 7) is 1.64. The molecule has 0 fully saturated rings. The van der Waals surface area contributed by atoms with Crippen LogP contribution in [0.25, 0.3) is 5.69 Å². The number of nitrogens with zero attached hydrogens (tertiary/aromatic N) is 3. The molecule has 0 radical (unpaired) electrons. The molecule has 1 heterocycles. The van der Waals surface area contributed by atoms with Gasteiger partial charge in [0.2, 0.25) is 0 Å². The topological polar surface area (TPSA) is 87.8 Å². The van der Waals surface area contributed by atoms with Crippen LogP contribution < -0.4 is 4.72 Å². The molecule has 8 heteroatoms. The highest BCUT2D eigenvalue weighted by atomic mass is 35.5. The van der Waals surface area contributed by atoms with Crippen molar-refractivity contribution in [1.82, 2.24) is 9.78 Å².